The molecule has 84 valence electrons. The number of para-hydroxylation sites is 1. The van der Waals surface area contributed by atoms with Gasteiger partial charge in [-0.05, 0) is 40.2 Å². The molecule has 0 unspecified atom stereocenters. The number of halogens is 1. The Labute approximate surface area is 106 Å². The van der Waals surface area contributed by atoms with Gasteiger partial charge in [0.25, 0.3) is 0 Å². The molecule has 0 spiro atoms. The molecule has 3 nitrogen and oxygen atoms in total. The number of nitrogens with zero attached hydrogens (tertiary/aromatic N) is 2. The molecule has 3 rings (SSSR count). The van der Waals surface area contributed by atoms with Crippen molar-refractivity contribution < 1.29 is 5.11 Å². The Bertz CT molecular complexity index is 691. The van der Waals surface area contributed by atoms with Crippen LogP contribution in [0.5, 0.6) is 5.75 Å². The van der Waals surface area contributed by atoms with Crippen LogP contribution in [0.3, 0.4) is 0 Å². The van der Waals surface area contributed by atoms with Crippen LogP contribution in [0.4, 0.5) is 0 Å². The molecule has 2 heterocycles. The van der Waals surface area contributed by atoms with Gasteiger partial charge in [-0.1, -0.05) is 12.1 Å². The van der Waals surface area contributed by atoms with Crippen LogP contribution in [0.15, 0.2) is 53.3 Å². The number of hydrogen-bond donors (Lipinski definition) is 1. The topological polar surface area (TPSA) is 37.5 Å². The summed E-state index contributed by atoms with van der Waals surface area (Å²) in [7, 11) is 0. The number of fused-ring (bicyclic) bond motifs is 1. The number of rotatable bonds is 1. The highest BCUT2D eigenvalue weighted by atomic mass is 79.9. The van der Waals surface area contributed by atoms with Gasteiger partial charge in [-0.25, -0.2) is 4.98 Å². The van der Waals surface area contributed by atoms with E-state index >= 15 is 0 Å². The molecule has 1 aromatic carbocycles. The number of pyridine rings is 1. The highest BCUT2D eigenvalue weighted by Gasteiger charge is 2.10. The van der Waals surface area contributed by atoms with Crippen LogP contribution >= 0.6 is 15.9 Å². The summed E-state index contributed by atoms with van der Waals surface area (Å²) < 4.78 is 2.92. The van der Waals surface area contributed by atoms with E-state index < -0.39 is 0 Å². The molecule has 0 amide bonds. The number of aromatic hydroxyl groups is 1. The first kappa shape index (κ1) is 10.4. The Balaban J connectivity index is 2.33. The Morgan fingerprint density at radius 2 is 1.94 bits per heavy atom. The van der Waals surface area contributed by atoms with Gasteiger partial charge < -0.3 is 5.11 Å². The average Bonchev–Trinajstić information content (AvgIpc) is 2.75. The average molecular weight is 289 g/mol. The second kappa shape index (κ2) is 3.89. The maximum atomic E-state index is 9.85. The van der Waals surface area contributed by atoms with Gasteiger partial charge in [0, 0.05) is 10.7 Å². The zero-order valence-electron chi connectivity index (χ0n) is 8.84. The predicted molar refractivity (Wildman–Crippen MR) is 70.0 cm³/mol. The maximum absolute atomic E-state index is 9.85. The minimum absolute atomic E-state index is 0.236. The molecular weight excluding hydrogens is 280 g/mol. The molecule has 0 aliphatic rings. The van der Waals surface area contributed by atoms with E-state index in [1.807, 2.05) is 34.9 Å². The lowest BCUT2D eigenvalue weighted by Crippen LogP contribution is -1.89. The van der Waals surface area contributed by atoms with Crippen LogP contribution in [0.1, 0.15) is 0 Å². The van der Waals surface area contributed by atoms with E-state index in [-0.39, 0.29) is 5.75 Å². The van der Waals surface area contributed by atoms with E-state index in [0.717, 1.165) is 21.4 Å². The summed E-state index contributed by atoms with van der Waals surface area (Å²) in [6, 6.07) is 11.1. The lowest BCUT2D eigenvalue weighted by atomic mass is 10.2. The Hall–Kier alpha value is -1.81. The van der Waals surface area contributed by atoms with Crippen molar-refractivity contribution in [2.24, 2.45) is 0 Å². The van der Waals surface area contributed by atoms with Crippen LogP contribution in [-0.4, -0.2) is 14.5 Å². The summed E-state index contributed by atoms with van der Waals surface area (Å²) in [5.74, 6) is 0.972. The second-order valence-electron chi connectivity index (χ2n) is 3.71. The van der Waals surface area contributed by atoms with Crippen molar-refractivity contribution in [1.82, 2.24) is 9.38 Å². The van der Waals surface area contributed by atoms with Crippen molar-refractivity contribution >= 4 is 21.4 Å². The second-order valence-corrected chi connectivity index (χ2v) is 4.56. The fourth-order valence-electron chi connectivity index (χ4n) is 1.85. The monoisotopic (exact) mass is 288 g/mol. The summed E-state index contributed by atoms with van der Waals surface area (Å²) in [5, 5.41) is 9.85. The minimum atomic E-state index is 0.236. The van der Waals surface area contributed by atoms with E-state index in [0.29, 0.717) is 0 Å². The van der Waals surface area contributed by atoms with E-state index in [2.05, 4.69) is 20.9 Å². The smallest absolute Gasteiger partial charge is 0.148 e. The maximum Gasteiger partial charge on any atom is 0.148 e. The van der Waals surface area contributed by atoms with Gasteiger partial charge in [0.15, 0.2) is 0 Å². The Morgan fingerprint density at radius 3 is 2.76 bits per heavy atom. The summed E-state index contributed by atoms with van der Waals surface area (Å²) in [5.41, 5.74) is 1.70. The number of hydrogen-bond acceptors (Lipinski definition) is 2. The van der Waals surface area contributed by atoms with Crippen molar-refractivity contribution in [2.75, 3.05) is 0 Å². The summed E-state index contributed by atoms with van der Waals surface area (Å²) in [6.07, 6.45) is 3.71. The van der Waals surface area contributed by atoms with Gasteiger partial charge in [-0.2, -0.15) is 0 Å². The third kappa shape index (κ3) is 1.61. The fourth-order valence-corrected chi connectivity index (χ4v) is 2.30. The van der Waals surface area contributed by atoms with Crippen LogP contribution < -0.4 is 0 Å². The van der Waals surface area contributed by atoms with Gasteiger partial charge in [-0.15, -0.1) is 0 Å². The lowest BCUT2D eigenvalue weighted by molar-refractivity contribution is 0.477. The van der Waals surface area contributed by atoms with E-state index in [1.54, 1.807) is 18.3 Å². The first-order chi connectivity index (χ1) is 8.27. The van der Waals surface area contributed by atoms with Crippen molar-refractivity contribution in [3.8, 4) is 17.1 Å². The zero-order chi connectivity index (χ0) is 11.8. The normalized spacial score (nSPS) is 10.9. The first-order valence-electron chi connectivity index (χ1n) is 5.17. The third-order valence-corrected chi connectivity index (χ3v) is 3.33. The van der Waals surface area contributed by atoms with Crippen molar-refractivity contribution in [1.29, 1.82) is 0 Å². The standard InChI is InChI=1S/C13H9BrN2O/c14-10-5-3-7-16-11(10)8-15-13(16)9-4-1-2-6-12(9)17/h1-8,17H. The van der Waals surface area contributed by atoms with Gasteiger partial charge in [-0.3, -0.25) is 4.40 Å². The molecule has 0 aliphatic carbocycles. The molecule has 0 fully saturated rings. The van der Waals surface area contributed by atoms with Gasteiger partial charge in [0.1, 0.15) is 11.6 Å². The van der Waals surface area contributed by atoms with Crippen molar-refractivity contribution in [3.63, 3.8) is 0 Å². The molecule has 0 bridgehead atoms. The number of phenols is 1. The molecule has 0 saturated carbocycles. The summed E-state index contributed by atoms with van der Waals surface area (Å²) in [6.45, 7) is 0. The molecule has 0 radical (unpaired) electrons. The SMILES string of the molecule is Oc1ccccc1-c1ncc2c(Br)cccn12. The van der Waals surface area contributed by atoms with Crippen LogP contribution in [0, 0.1) is 0 Å². The quantitative estimate of drug-likeness (QED) is 0.744. The highest BCUT2D eigenvalue weighted by molar-refractivity contribution is 9.10. The van der Waals surface area contributed by atoms with E-state index in [9.17, 15) is 5.11 Å². The highest BCUT2D eigenvalue weighted by Crippen LogP contribution is 2.29. The zero-order valence-corrected chi connectivity index (χ0v) is 10.4. The molecule has 1 N–H and O–H groups in total. The molecule has 0 aliphatic heterocycles. The number of imidazole rings is 1. The first-order valence-corrected chi connectivity index (χ1v) is 5.96. The molecular formula is C13H9BrN2O. The van der Waals surface area contributed by atoms with Crippen LogP contribution in [-0.2, 0) is 0 Å². The van der Waals surface area contributed by atoms with Crippen LogP contribution in [0.2, 0.25) is 0 Å². The third-order valence-electron chi connectivity index (χ3n) is 2.66. The molecule has 2 aromatic heterocycles. The number of phenolic OH excluding ortho intramolecular Hbond substituents is 1. The molecule has 0 atom stereocenters. The number of aromatic nitrogens is 2. The van der Waals surface area contributed by atoms with E-state index in [4.69, 9.17) is 0 Å². The van der Waals surface area contributed by atoms with Crippen LogP contribution in [0.25, 0.3) is 16.9 Å². The summed E-state index contributed by atoms with van der Waals surface area (Å²) in [4.78, 5) is 4.36. The fraction of sp³-hybridized carbons (Fsp3) is 0. The van der Waals surface area contributed by atoms with Gasteiger partial charge in [0.2, 0.25) is 0 Å². The van der Waals surface area contributed by atoms with E-state index in [1.165, 1.54) is 0 Å². The molecule has 3 aromatic rings. The largest absolute Gasteiger partial charge is 0.507 e. The molecule has 0 saturated heterocycles. The Kier molecular flexibility index (Phi) is 2.37. The van der Waals surface area contributed by atoms with Gasteiger partial charge >= 0.3 is 0 Å². The number of benzene rings is 1. The molecule has 4 heteroatoms. The van der Waals surface area contributed by atoms with Crippen molar-refractivity contribution in [3.05, 3.63) is 53.3 Å². The minimum Gasteiger partial charge on any atom is -0.507 e. The molecule has 17 heavy (non-hydrogen) atoms. The predicted octanol–water partition coefficient (Wildman–Crippen LogP) is 3.47. The Morgan fingerprint density at radius 1 is 1.12 bits per heavy atom. The van der Waals surface area contributed by atoms with Crippen molar-refractivity contribution in [2.45, 2.75) is 0 Å². The summed E-state index contributed by atoms with van der Waals surface area (Å²) >= 11 is 3.48. The van der Waals surface area contributed by atoms with Gasteiger partial charge in [0.05, 0.1) is 17.3 Å². The lowest BCUT2D eigenvalue weighted by Gasteiger charge is -2.04.